The van der Waals surface area contributed by atoms with Crippen molar-refractivity contribution in [2.45, 2.75) is 19.3 Å². The molecule has 0 heterocycles. The monoisotopic (exact) mass is 382 g/mol. The standard InChI is InChI=1S/C25H22N2O2/c1-25(17-29-24(28)27-21-10-6-3-7-11-21)15-20-13-12-18(16-26)14-22(20)23(25)19-8-4-2-5-9-19/h2-14,23H,15,17H2,1H3,(H,27,28)/t23-,25-/m0/s1. The molecule has 0 bridgehead atoms. The summed E-state index contributed by atoms with van der Waals surface area (Å²) in [6.45, 7) is 2.42. The number of fused-ring (bicyclic) bond motifs is 1. The van der Waals surface area contributed by atoms with Gasteiger partial charge in [-0.1, -0.05) is 61.5 Å². The molecule has 1 N–H and O–H groups in total. The number of nitrogens with one attached hydrogen (secondary N) is 1. The van der Waals surface area contributed by atoms with Crippen LogP contribution in [0.25, 0.3) is 0 Å². The van der Waals surface area contributed by atoms with Crippen LogP contribution in [0, 0.1) is 16.7 Å². The van der Waals surface area contributed by atoms with E-state index in [-0.39, 0.29) is 17.9 Å². The summed E-state index contributed by atoms with van der Waals surface area (Å²) in [6, 6.07) is 27.6. The normalized spacial score (nSPS) is 19.8. The number of nitriles is 1. The van der Waals surface area contributed by atoms with Gasteiger partial charge in [0, 0.05) is 17.0 Å². The van der Waals surface area contributed by atoms with Crippen LogP contribution in [0.1, 0.15) is 35.1 Å². The van der Waals surface area contributed by atoms with E-state index in [0.717, 1.165) is 17.5 Å². The van der Waals surface area contributed by atoms with E-state index in [0.29, 0.717) is 11.3 Å². The van der Waals surface area contributed by atoms with Crippen molar-refractivity contribution >= 4 is 11.8 Å². The molecule has 29 heavy (non-hydrogen) atoms. The summed E-state index contributed by atoms with van der Waals surface area (Å²) in [5.41, 5.74) is 4.56. The van der Waals surface area contributed by atoms with Crippen molar-refractivity contribution in [3.63, 3.8) is 0 Å². The van der Waals surface area contributed by atoms with Gasteiger partial charge in [-0.15, -0.1) is 0 Å². The Labute approximate surface area is 170 Å². The second-order valence-electron chi connectivity index (χ2n) is 7.77. The van der Waals surface area contributed by atoms with Crippen LogP contribution < -0.4 is 5.32 Å². The molecule has 144 valence electrons. The van der Waals surface area contributed by atoms with Crippen molar-refractivity contribution < 1.29 is 9.53 Å². The van der Waals surface area contributed by atoms with E-state index in [1.54, 1.807) is 0 Å². The molecule has 0 saturated heterocycles. The zero-order chi connectivity index (χ0) is 20.3. The maximum Gasteiger partial charge on any atom is 0.411 e. The van der Waals surface area contributed by atoms with Crippen LogP contribution >= 0.6 is 0 Å². The van der Waals surface area contributed by atoms with E-state index in [1.165, 1.54) is 5.56 Å². The zero-order valence-electron chi connectivity index (χ0n) is 16.3. The van der Waals surface area contributed by atoms with Crippen LogP contribution in [0.5, 0.6) is 0 Å². The molecule has 1 amide bonds. The third-order valence-electron chi connectivity index (χ3n) is 5.56. The lowest BCUT2D eigenvalue weighted by molar-refractivity contribution is 0.0975. The Morgan fingerprint density at radius 1 is 1.10 bits per heavy atom. The van der Waals surface area contributed by atoms with Crippen LogP contribution in [0.4, 0.5) is 10.5 Å². The third-order valence-corrected chi connectivity index (χ3v) is 5.56. The number of anilines is 1. The Hall–Kier alpha value is -3.58. The molecular weight excluding hydrogens is 360 g/mol. The van der Waals surface area contributed by atoms with Crippen molar-refractivity contribution in [1.29, 1.82) is 5.26 Å². The maximum atomic E-state index is 12.4. The molecule has 2 atom stereocenters. The van der Waals surface area contributed by atoms with E-state index in [2.05, 4.69) is 30.4 Å². The first-order chi connectivity index (χ1) is 14.1. The Balaban J connectivity index is 1.59. The van der Waals surface area contributed by atoms with E-state index in [9.17, 15) is 10.1 Å². The van der Waals surface area contributed by atoms with E-state index in [4.69, 9.17) is 4.74 Å². The lowest BCUT2D eigenvalue weighted by Gasteiger charge is -2.32. The molecule has 3 aromatic rings. The summed E-state index contributed by atoms with van der Waals surface area (Å²) in [5, 5.41) is 12.1. The van der Waals surface area contributed by atoms with Crippen LogP contribution in [-0.4, -0.2) is 12.7 Å². The fraction of sp³-hybridized carbons (Fsp3) is 0.200. The van der Waals surface area contributed by atoms with Gasteiger partial charge in [-0.3, -0.25) is 5.32 Å². The van der Waals surface area contributed by atoms with Crippen molar-refractivity contribution in [1.82, 2.24) is 0 Å². The number of benzene rings is 3. The van der Waals surface area contributed by atoms with Gasteiger partial charge in [0.2, 0.25) is 0 Å². The van der Waals surface area contributed by atoms with Gasteiger partial charge in [0.25, 0.3) is 0 Å². The molecule has 4 rings (SSSR count). The predicted molar refractivity (Wildman–Crippen MR) is 113 cm³/mol. The Bertz CT molecular complexity index is 1060. The van der Waals surface area contributed by atoms with Gasteiger partial charge in [0.1, 0.15) is 0 Å². The third kappa shape index (κ3) is 3.86. The summed E-state index contributed by atoms with van der Waals surface area (Å²) in [6.07, 6.45) is 0.324. The van der Waals surface area contributed by atoms with Crippen molar-refractivity contribution in [2.24, 2.45) is 5.41 Å². The minimum Gasteiger partial charge on any atom is -0.449 e. The quantitative estimate of drug-likeness (QED) is 0.648. The summed E-state index contributed by atoms with van der Waals surface area (Å²) in [7, 11) is 0. The van der Waals surface area contributed by atoms with Crippen LogP contribution in [0.3, 0.4) is 0 Å². The van der Waals surface area contributed by atoms with Gasteiger partial charge in [-0.05, 0) is 47.4 Å². The SMILES string of the molecule is C[C@@]1(COC(=O)Nc2ccccc2)Cc2ccc(C#N)cc2[C@@H]1c1ccccc1. The van der Waals surface area contributed by atoms with E-state index < -0.39 is 6.09 Å². The molecule has 0 radical (unpaired) electrons. The Morgan fingerprint density at radius 3 is 2.48 bits per heavy atom. The Kier molecular flexibility index (Phi) is 5.05. The fourth-order valence-electron chi connectivity index (χ4n) is 4.27. The maximum absolute atomic E-state index is 12.4. The highest BCUT2D eigenvalue weighted by atomic mass is 16.5. The molecule has 3 aromatic carbocycles. The van der Waals surface area contributed by atoms with Gasteiger partial charge in [0.05, 0.1) is 18.2 Å². The summed E-state index contributed by atoms with van der Waals surface area (Å²) < 4.78 is 5.66. The van der Waals surface area contributed by atoms with Crippen LogP contribution in [-0.2, 0) is 11.2 Å². The molecule has 1 aliphatic rings. The zero-order valence-corrected chi connectivity index (χ0v) is 16.3. The van der Waals surface area contributed by atoms with Gasteiger partial charge >= 0.3 is 6.09 Å². The van der Waals surface area contributed by atoms with Gasteiger partial charge < -0.3 is 4.74 Å². The number of ether oxygens (including phenoxy) is 1. The average molecular weight is 382 g/mol. The Morgan fingerprint density at radius 2 is 1.79 bits per heavy atom. The van der Waals surface area contributed by atoms with Crippen molar-refractivity contribution in [3.05, 3.63) is 101 Å². The number of carbonyl (C=O) groups is 1. The van der Waals surface area contributed by atoms with Crippen molar-refractivity contribution in [2.75, 3.05) is 11.9 Å². The molecule has 4 heteroatoms. The van der Waals surface area contributed by atoms with Gasteiger partial charge in [-0.2, -0.15) is 5.26 Å². The van der Waals surface area contributed by atoms with Crippen LogP contribution in [0.2, 0.25) is 0 Å². The number of amides is 1. The summed E-state index contributed by atoms with van der Waals surface area (Å²) in [5.74, 6) is 0.0523. The second-order valence-corrected chi connectivity index (χ2v) is 7.77. The van der Waals surface area contributed by atoms with E-state index in [1.807, 2.05) is 66.7 Å². The lowest BCUT2D eigenvalue weighted by atomic mass is 9.74. The summed E-state index contributed by atoms with van der Waals surface area (Å²) in [4.78, 5) is 12.4. The minimum absolute atomic E-state index is 0.0523. The minimum atomic E-state index is -0.460. The lowest BCUT2D eigenvalue weighted by Crippen LogP contribution is -2.31. The number of hydrogen-bond acceptors (Lipinski definition) is 3. The molecule has 0 aliphatic heterocycles. The number of para-hydroxylation sites is 1. The molecule has 4 nitrogen and oxygen atoms in total. The highest BCUT2D eigenvalue weighted by Crippen LogP contribution is 2.51. The second kappa shape index (κ2) is 7.81. The summed E-state index contributed by atoms with van der Waals surface area (Å²) >= 11 is 0. The molecule has 0 unspecified atom stereocenters. The molecule has 0 fully saturated rings. The smallest absolute Gasteiger partial charge is 0.411 e. The first-order valence-electron chi connectivity index (χ1n) is 9.66. The number of nitrogens with zero attached hydrogens (tertiary/aromatic N) is 1. The number of hydrogen-bond donors (Lipinski definition) is 1. The first kappa shape index (κ1) is 18.8. The average Bonchev–Trinajstić information content (AvgIpc) is 3.05. The number of rotatable bonds is 4. The highest BCUT2D eigenvalue weighted by molar-refractivity contribution is 5.84. The molecular formula is C25H22N2O2. The van der Waals surface area contributed by atoms with Crippen LogP contribution in [0.15, 0.2) is 78.9 Å². The fourth-order valence-corrected chi connectivity index (χ4v) is 4.27. The molecule has 1 aliphatic carbocycles. The highest BCUT2D eigenvalue weighted by Gasteiger charge is 2.44. The largest absolute Gasteiger partial charge is 0.449 e. The predicted octanol–water partition coefficient (Wildman–Crippen LogP) is 5.50. The number of carbonyl (C=O) groups excluding carboxylic acids is 1. The molecule has 0 aromatic heterocycles. The van der Waals surface area contributed by atoms with Gasteiger partial charge in [-0.25, -0.2) is 4.79 Å². The molecule has 0 saturated carbocycles. The topological polar surface area (TPSA) is 62.1 Å². The molecule has 0 spiro atoms. The first-order valence-corrected chi connectivity index (χ1v) is 9.66. The van der Waals surface area contributed by atoms with E-state index >= 15 is 0 Å². The van der Waals surface area contributed by atoms with Crippen molar-refractivity contribution in [3.8, 4) is 6.07 Å². The van der Waals surface area contributed by atoms with Gasteiger partial charge in [0.15, 0.2) is 0 Å².